The van der Waals surface area contributed by atoms with Gasteiger partial charge in [0.15, 0.2) is 0 Å². The predicted octanol–water partition coefficient (Wildman–Crippen LogP) is 2.83. The highest BCUT2D eigenvalue weighted by molar-refractivity contribution is 7.02. The fourth-order valence-corrected chi connectivity index (χ4v) is 0.711. The SMILES string of the molecule is N=P.O=[N+]([O-])/C=C/c1ccccc1. The maximum atomic E-state index is 9.89. The van der Waals surface area contributed by atoms with Crippen LogP contribution in [0.15, 0.2) is 36.5 Å². The average molecular weight is 196 g/mol. The molecule has 5 heteroatoms. The second-order valence-corrected chi connectivity index (χ2v) is 2.01. The Morgan fingerprint density at radius 2 is 1.85 bits per heavy atom. The van der Waals surface area contributed by atoms with Gasteiger partial charge in [0.05, 0.1) is 4.92 Å². The lowest BCUT2D eigenvalue weighted by molar-refractivity contribution is -0.400. The second-order valence-electron chi connectivity index (χ2n) is 2.01. The summed E-state index contributed by atoms with van der Waals surface area (Å²) in [7, 11) is 2.22. The Morgan fingerprint density at radius 1 is 1.31 bits per heavy atom. The van der Waals surface area contributed by atoms with Gasteiger partial charge >= 0.3 is 0 Å². The molecule has 0 amide bonds. The molecule has 0 radical (unpaired) electrons. The van der Waals surface area contributed by atoms with Crippen molar-refractivity contribution in [2.45, 2.75) is 0 Å². The quantitative estimate of drug-likeness (QED) is 0.449. The van der Waals surface area contributed by atoms with E-state index in [0.717, 1.165) is 11.8 Å². The Labute approximate surface area is 78.2 Å². The predicted molar refractivity (Wildman–Crippen MR) is 53.5 cm³/mol. The van der Waals surface area contributed by atoms with E-state index in [1.807, 2.05) is 18.2 Å². The fourth-order valence-electron chi connectivity index (χ4n) is 0.711. The average Bonchev–Trinajstić information content (AvgIpc) is 2.19. The number of nitrogens with one attached hydrogen (secondary N) is 1. The molecule has 68 valence electrons. The molecular formula is C8H9N2O2P. The largest absolute Gasteiger partial charge is 0.287 e. The van der Waals surface area contributed by atoms with Crippen molar-refractivity contribution in [1.29, 1.82) is 5.16 Å². The Hall–Kier alpha value is -1.54. The standard InChI is InChI=1S/C8H7NO2.H2NP/c10-9(11)7-6-8-4-2-1-3-5-8;1-2/h1-7H;1-2H/b7-6+;. The number of hydrogen-bond acceptors (Lipinski definition) is 3. The maximum absolute atomic E-state index is 9.89. The highest BCUT2D eigenvalue weighted by atomic mass is 31.0. The number of rotatable bonds is 2. The second kappa shape index (κ2) is 7.13. The van der Waals surface area contributed by atoms with Gasteiger partial charge in [0.25, 0.3) is 0 Å². The van der Waals surface area contributed by atoms with E-state index in [1.165, 1.54) is 6.08 Å². The van der Waals surface area contributed by atoms with E-state index in [-0.39, 0.29) is 0 Å². The van der Waals surface area contributed by atoms with Gasteiger partial charge in [-0.25, -0.2) is 0 Å². The van der Waals surface area contributed by atoms with Crippen LogP contribution in [0.2, 0.25) is 0 Å². The van der Waals surface area contributed by atoms with Gasteiger partial charge < -0.3 is 0 Å². The lowest BCUT2D eigenvalue weighted by Crippen LogP contribution is -1.81. The van der Waals surface area contributed by atoms with Crippen LogP contribution in [0.25, 0.3) is 6.08 Å². The minimum atomic E-state index is -0.479. The summed E-state index contributed by atoms with van der Waals surface area (Å²) in [5.74, 6) is 0. The topological polar surface area (TPSA) is 67.0 Å². The molecule has 0 saturated heterocycles. The molecule has 1 rings (SSSR count). The Morgan fingerprint density at radius 3 is 2.31 bits per heavy atom. The van der Waals surface area contributed by atoms with Crippen LogP contribution in [0.4, 0.5) is 0 Å². The van der Waals surface area contributed by atoms with Crippen LogP contribution in [0.5, 0.6) is 0 Å². The molecule has 0 saturated carbocycles. The van der Waals surface area contributed by atoms with E-state index >= 15 is 0 Å². The third-order valence-electron chi connectivity index (χ3n) is 1.19. The number of hydrogen-bond donors (Lipinski definition) is 1. The third-order valence-corrected chi connectivity index (χ3v) is 1.19. The first kappa shape index (κ1) is 11.5. The normalized spacial score (nSPS) is 8.92. The minimum Gasteiger partial charge on any atom is -0.287 e. The Balaban J connectivity index is 0.000000671. The molecule has 1 aromatic rings. The molecule has 0 bridgehead atoms. The summed E-state index contributed by atoms with van der Waals surface area (Å²) in [6.45, 7) is 0. The van der Waals surface area contributed by atoms with E-state index in [1.54, 1.807) is 12.1 Å². The van der Waals surface area contributed by atoms with Crippen molar-refractivity contribution < 1.29 is 4.92 Å². The van der Waals surface area contributed by atoms with Gasteiger partial charge in [-0.2, -0.15) is 0 Å². The van der Waals surface area contributed by atoms with E-state index in [2.05, 4.69) is 9.03 Å². The number of nitrogens with zero attached hydrogens (tertiary/aromatic N) is 1. The summed E-state index contributed by atoms with van der Waals surface area (Å²) in [5, 5.41) is 15.4. The molecule has 0 heterocycles. The Kier molecular flexibility index (Phi) is 6.28. The summed E-state index contributed by atoms with van der Waals surface area (Å²) < 4.78 is 0. The number of nitro groups is 1. The third kappa shape index (κ3) is 5.70. The van der Waals surface area contributed by atoms with Crippen LogP contribution in [0.1, 0.15) is 5.56 Å². The monoisotopic (exact) mass is 196 g/mol. The molecule has 4 nitrogen and oxygen atoms in total. The summed E-state index contributed by atoms with van der Waals surface area (Å²) in [4.78, 5) is 9.41. The van der Waals surface area contributed by atoms with Gasteiger partial charge in [-0.15, -0.1) is 0 Å². The molecule has 0 aromatic heterocycles. The van der Waals surface area contributed by atoms with Gasteiger partial charge in [0.2, 0.25) is 6.20 Å². The van der Waals surface area contributed by atoms with Gasteiger partial charge in [-0.1, -0.05) is 30.3 Å². The van der Waals surface area contributed by atoms with Gasteiger partial charge in [-0.3, -0.25) is 15.3 Å². The molecule has 1 aromatic carbocycles. The first-order chi connectivity index (χ1) is 6.29. The first-order valence-corrected chi connectivity index (χ1v) is 3.91. The molecule has 0 spiro atoms. The van der Waals surface area contributed by atoms with Crippen molar-refractivity contribution in [3.05, 3.63) is 52.2 Å². The van der Waals surface area contributed by atoms with Crippen LogP contribution in [0, 0.1) is 15.3 Å². The van der Waals surface area contributed by atoms with E-state index < -0.39 is 4.92 Å². The lowest BCUT2D eigenvalue weighted by atomic mass is 10.2. The van der Waals surface area contributed by atoms with Crippen LogP contribution >= 0.6 is 9.03 Å². The molecule has 1 N–H and O–H groups in total. The molecule has 0 aliphatic carbocycles. The summed E-state index contributed by atoms with van der Waals surface area (Å²) in [6.07, 6.45) is 2.38. The van der Waals surface area contributed by atoms with Gasteiger partial charge in [0.1, 0.15) is 0 Å². The zero-order valence-electron chi connectivity index (χ0n) is 6.81. The van der Waals surface area contributed by atoms with Crippen LogP contribution in [0.3, 0.4) is 0 Å². The van der Waals surface area contributed by atoms with E-state index in [0.29, 0.717) is 0 Å². The molecule has 0 aliphatic heterocycles. The summed E-state index contributed by atoms with van der Waals surface area (Å²) in [6, 6.07) is 9.14. The highest BCUT2D eigenvalue weighted by Gasteiger charge is 1.86. The molecule has 0 unspecified atom stereocenters. The molecule has 0 aliphatic rings. The van der Waals surface area contributed by atoms with E-state index in [9.17, 15) is 10.1 Å². The van der Waals surface area contributed by atoms with Crippen molar-refractivity contribution >= 4 is 15.1 Å². The van der Waals surface area contributed by atoms with Gasteiger partial charge in [0, 0.05) is 6.08 Å². The van der Waals surface area contributed by atoms with Gasteiger partial charge in [-0.05, 0) is 14.6 Å². The molecular weight excluding hydrogens is 187 g/mol. The number of benzene rings is 1. The molecule has 0 fully saturated rings. The van der Waals surface area contributed by atoms with Crippen LogP contribution in [-0.2, 0) is 0 Å². The smallest absolute Gasteiger partial charge is 0.235 e. The first-order valence-electron chi connectivity index (χ1n) is 3.41. The fraction of sp³-hybridized carbons (Fsp3) is 0. The zero-order valence-corrected chi connectivity index (χ0v) is 7.81. The Bertz CT molecular complexity index is 287. The summed E-state index contributed by atoms with van der Waals surface area (Å²) in [5.41, 5.74) is 0.837. The van der Waals surface area contributed by atoms with Crippen molar-refractivity contribution in [3.8, 4) is 0 Å². The van der Waals surface area contributed by atoms with Crippen molar-refractivity contribution in [2.24, 2.45) is 0 Å². The van der Waals surface area contributed by atoms with Crippen LogP contribution in [-0.4, -0.2) is 4.92 Å². The van der Waals surface area contributed by atoms with Crippen molar-refractivity contribution in [1.82, 2.24) is 0 Å². The highest BCUT2D eigenvalue weighted by Crippen LogP contribution is 1.99. The summed E-state index contributed by atoms with van der Waals surface area (Å²) >= 11 is 0. The molecule has 13 heavy (non-hydrogen) atoms. The maximum Gasteiger partial charge on any atom is 0.235 e. The lowest BCUT2D eigenvalue weighted by Gasteiger charge is -1.86. The molecule has 0 atom stereocenters. The van der Waals surface area contributed by atoms with Crippen molar-refractivity contribution in [2.75, 3.05) is 0 Å². The zero-order chi connectivity index (χ0) is 10.1. The minimum absolute atomic E-state index is 0.479. The van der Waals surface area contributed by atoms with Crippen molar-refractivity contribution in [3.63, 3.8) is 0 Å². The van der Waals surface area contributed by atoms with E-state index in [4.69, 9.17) is 5.16 Å². The van der Waals surface area contributed by atoms with Crippen LogP contribution < -0.4 is 0 Å².